The highest BCUT2D eigenvalue weighted by Gasteiger charge is 2.57. The lowest BCUT2D eigenvalue weighted by Gasteiger charge is -2.52. The van der Waals surface area contributed by atoms with Gasteiger partial charge in [-0.15, -0.1) is 0 Å². The maximum atomic E-state index is 12.5. The van der Waals surface area contributed by atoms with Crippen LogP contribution in [0.2, 0.25) is 0 Å². The lowest BCUT2D eigenvalue weighted by molar-refractivity contribution is -0.250. The predicted octanol–water partition coefficient (Wildman–Crippen LogP) is 1.93. The van der Waals surface area contributed by atoms with Gasteiger partial charge in [0.25, 0.3) is 0 Å². The van der Waals surface area contributed by atoms with E-state index in [1.165, 1.54) is 5.56 Å². The predicted molar refractivity (Wildman–Crippen MR) is 129 cm³/mol. The fourth-order valence-electron chi connectivity index (χ4n) is 5.82. The summed E-state index contributed by atoms with van der Waals surface area (Å²) in [6.45, 7) is 2.62. The Morgan fingerprint density at radius 2 is 2.09 bits per heavy atom. The summed E-state index contributed by atoms with van der Waals surface area (Å²) in [5.41, 5.74) is -0.471. The smallest absolute Gasteiger partial charge is 0.221 e. The molecule has 34 heavy (non-hydrogen) atoms. The van der Waals surface area contributed by atoms with Crippen molar-refractivity contribution in [1.82, 2.24) is 19.8 Å². The first-order valence-corrected chi connectivity index (χ1v) is 12.2. The summed E-state index contributed by atoms with van der Waals surface area (Å²) in [6, 6.07) is 10.2. The lowest BCUT2D eigenvalue weighted by atomic mass is 9.72. The van der Waals surface area contributed by atoms with Gasteiger partial charge in [0, 0.05) is 37.9 Å². The molecule has 2 aliphatic heterocycles. The maximum Gasteiger partial charge on any atom is 0.221 e. The van der Waals surface area contributed by atoms with E-state index in [1.807, 2.05) is 50.0 Å². The molecule has 1 aromatic carbocycles. The van der Waals surface area contributed by atoms with Gasteiger partial charge >= 0.3 is 0 Å². The van der Waals surface area contributed by atoms with E-state index in [4.69, 9.17) is 4.74 Å². The number of rotatable bonds is 8. The van der Waals surface area contributed by atoms with Crippen LogP contribution < -0.4 is 5.32 Å². The Morgan fingerprint density at radius 1 is 1.32 bits per heavy atom. The molecule has 186 valence electrons. The van der Waals surface area contributed by atoms with E-state index >= 15 is 0 Å². The molecular weight excluding hydrogens is 432 g/mol. The molecule has 1 aromatic heterocycles. The van der Waals surface area contributed by atoms with Gasteiger partial charge in [0.15, 0.2) is 0 Å². The van der Waals surface area contributed by atoms with Crippen molar-refractivity contribution in [3.05, 3.63) is 54.6 Å². The molecule has 8 heteroatoms. The Morgan fingerprint density at radius 3 is 2.76 bits per heavy atom. The Labute approximate surface area is 201 Å². The number of aryl methyl sites for hydroxylation is 1. The van der Waals surface area contributed by atoms with E-state index in [0.717, 1.165) is 0 Å². The van der Waals surface area contributed by atoms with Crippen LogP contribution >= 0.6 is 0 Å². The van der Waals surface area contributed by atoms with Crippen molar-refractivity contribution in [2.24, 2.45) is 0 Å². The molecule has 4 rings (SSSR count). The topological polar surface area (TPSA) is 99.9 Å². The number of nitrogens with zero attached hydrogens (tertiary/aromatic N) is 3. The van der Waals surface area contributed by atoms with Crippen molar-refractivity contribution in [2.75, 3.05) is 20.6 Å². The van der Waals surface area contributed by atoms with Gasteiger partial charge in [0.2, 0.25) is 5.91 Å². The Kier molecular flexibility index (Phi) is 7.42. The summed E-state index contributed by atoms with van der Waals surface area (Å²) in [7, 11) is 3.95. The van der Waals surface area contributed by atoms with Crippen LogP contribution in [0.1, 0.15) is 50.5 Å². The number of carbonyl (C=O) groups is 1. The number of ether oxygens (including phenoxy) is 1. The van der Waals surface area contributed by atoms with E-state index in [-0.39, 0.29) is 24.4 Å². The van der Waals surface area contributed by atoms with Gasteiger partial charge in [-0.3, -0.25) is 4.79 Å². The van der Waals surface area contributed by atoms with Gasteiger partial charge in [0.1, 0.15) is 6.10 Å². The second-order valence-electron chi connectivity index (χ2n) is 10.4. The van der Waals surface area contributed by atoms with Crippen molar-refractivity contribution in [2.45, 2.75) is 80.9 Å². The summed E-state index contributed by atoms with van der Waals surface area (Å²) in [6.07, 6.45) is 6.55. The number of benzene rings is 1. The van der Waals surface area contributed by atoms with Crippen molar-refractivity contribution >= 4 is 5.91 Å². The van der Waals surface area contributed by atoms with Crippen LogP contribution in [0, 0.1) is 0 Å². The summed E-state index contributed by atoms with van der Waals surface area (Å²) < 4.78 is 8.54. The molecule has 6 atom stereocenters. The molecule has 3 N–H and O–H groups in total. The van der Waals surface area contributed by atoms with Crippen molar-refractivity contribution in [3.63, 3.8) is 0 Å². The van der Waals surface area contributed by atoms with E-state index in [0.29, 0.717) is 38.6 Å². The highest BCUT2D eigenvalue weighted by atomic mass is 16.6. The van der Waals surface area contributed by atoms with Crippen LogP contribution in [0.5, 0.6) is 0 Å². The number of carbonyl (C=O) groups excluding carboxylic acids is 1. The molecule has 2 fully saturated rings. The molecule has 2 aliphatic rings. The van der Waals surface area contributed by atoms with Gasteiger partial charge in [-0.1, -0.05) is 30.3 Å². The number of hydrogen-bond acceptors (Lipinski definition) is 6. The Hall–Kier alpha value is -2.26. The molecule has 2 bridgehead atoms. The number of likely N-dealkylation sites (N-methyl/N-ethyl adjacent to an activating group) is 1. The third-order valence-electron chi connectivity index (χ3n) is 7.72. The molecule has 1 amide bonds. The van der Waals surface area contributed by atoms with Crippen LogP contribution in [0.15, 0.2) is 49.1 Å². The zero-order valence-corrected chi connectivity index (χ0v) is 20.4. The third kappa shape index (κ3) is 5.20. The van der Waals surface area contributed by atoms with Crippen LogP contribution in [0.3, 0.4) is 0 Å². The molecule has 8 nitrogen and oxygen atoms in total. The number of fused-ring (bicyclic) bond motifs is 2. The van der Waals surface area contributed by atoms with E-state index < -0.39 is 23.4 Å². The van der Waals surface area contributed by atoms with Gasteiger partial charge in [-0.25, -0.2) is 4.98 Å². The minimum Gasteiger partial charge on any atom is -0.388 e. The first-order valence-electron chi connectivity index (χ1n) is 12.2. The first-order chi connectivity index (χ1) is 16.2. The Bertz CT molecular complexity index is 938. The summed E-state index contributed by atoms with van der Waals surface area (Å²) in [4.78, 5) is 18.5. The summed E-state index contributed by atoms with van der Waals surface area (Å²) in [5, 5.41) is 25.7. The molecule has 2 saturated heterocycles. The number of nitrogens with one attached hydrogen (secondary N) is 1. The van der Waals surface area contributed by atoms with E-state index in [2.05, 4.69) is 27.3 Å². The van der Waals surface area contributed by atoms with Gasteiger partial charge in [-0.2, -0.15) is 0 Å². The number of hydrogen-bond donors (Lipinski definition) is 3. The number of imidazole rings is 1. The van der Waals surface area contributed by atoms with Crippen molar-refractivity contribution in [3.8, 4) is 0 Å². The minimum absolute atomic E-state index is 0.0710. The molecule has 0 aliphatic carbocycles. The van der Waals surface area contributed by atoms with Crippen molar-refractivity contribution < 1.29 is 19.7 Å². The molecule has 2 aromatic rings. The molecule has 0 spiro atoms. The quantitative estimate of drug-likeness (QED) is 0.545. The highest BCUT2D eigenvalue weighted by Crippen LogP contribution is 2.51. The van der Waals surface area contributed by atoms with Crippen LogP contribution in [0.25, 0.3) is 0 Å². The number of aromatic nitrogens is 2. The normalized spacial score (nSPS) is 32.2. The summed E-state index contributed by atoms with van der Waals surface area (Å²) >= 11 is 0. The minimum atomic E-state index is -0.886. The number of aliphatic hydroxyl groups excluding tert-OH is 2. The van der Waals surface area contributed by atoms with E-state index in [9.17, 15) is 15.0 Å². The average Bonchev–Trinajstić information content (AvgIpc) is 3.32. The number of amides is 1. The molecule has 0 radical (unpaired) electrons. The SMILES string of the molecule is CN(C)[C@@H]1CC[C@@]2([C@@H](O)CNC(=O)CCn3ccnc3)C[C@H](c3ccccc3)C[C@](C)(O2)[C@H]1O. The monoisotopic (exact) mass is 470 g/mol. The largest absolute Gasteiger partial charge is 0.388 e. The fraction of sp³-hybridized carbons (Fsp3) is 0.615. The second kappa shape index (κ2) is 10.2. The first kappa shape index (κ1) is 24.9. The van der Waals surface area contributed by atoms with Crippen LogP contribution in [-0.4, -0.2) is 80.7 Å². The van der Waals surface area contributed by atoms with Gasteiger partial charge in [-0.05, 0) is 58.2 Å². The lowest BCUT2D eigenvalue weighted by Crippen LogP contribution is -2.61. The van der Waals surface area contributed by atoms with Gasteiger partial charge < -0.3 is 29.7 Å². The number of aliphatic hydroxyl groups is 2. The standard InChI is InChI=1S/C26H38N4O4/c1-25-15-20(19-7-5-4-6-8-19)16-26(34-25,11-9-21(24(25)33)29(2)3)22(31)17-28-23(32)10-13-30-14-12-27-18-30/h4-8,12,14,18,20-22,24,31,33H,9-11,13,15-17H2,1-3H3,(H,28,32)/t20-,21-,22+,24+,25+,26+/m1/s1. The molecule has 3 heterocycles. The fourth-order valence-corrected chi connectivity index (χ4v) is 5.82. The maximum absolute atomic E-state index is 12.5. The average molecular weight is 471 g/mol. The van der Waals surface area contributed by atoms with Crippen LogP contribution in [-0.2, 0) is 16.1 Å². The molecule has 0 saturated carbocycles. The molecule has 0 unspecified atom stereocenters. The second-order valence-corrected chi connectivity index (χ2v) is 10.4. The zero-order valence-electron chi connectivity index (χ0n) is 20.4. The van der Waals surface area contributed by atoms with Crippen LogP contribution in [0.4, 0.5) is 0 Å². The Balaban J connectivity index is 1.53. The zero-order chi connectivity index (χ0) is 24.3. The molecular formula is C26H38N4O4. The highest BCUT2D eigenvalue weighted by molar-refractivity contribution is 5.75. The van der Waals surface area contributed by atoms with Crippen molar-refractivity contribution in [1.29, 1.82) is 0 Å². The summed E-state index contributed by atoms with van der Waals surface area (Å²) in [5.74, 6) is 0.0178. The third-order valence-corrected chi connectivity index (χ3v) is 7.72. The van der Waals surface area contributed by atoms with Gasteiger partial charge in [0.05, 0.1) is 23.6 Å². The van der Waals surface area contributed by atoms with E-state index in [1.54, 1.807) is 12.5 Å².